The summed E-state index contributed by atoms with van der Waals surface area (Å²) in [5, 5.41) is 1.13. The Morgan fingerprint density at radius 2 is 2.16 bits per heavy atom. The average Bonchev–Trinajstić information content (AvgIpc) is 2.99. The number of rotatable bonds is 4. The molecule has 6 heteroatoms. The molecule has 1 aromatic rings. The van der Waals surface area contributed by atoms with Gasteiger partial charge in [-0.2, -0.15) is 0 Å². The minimum atomic E-state index is -0.418. The highest BCUT2D eigenvalue weighted by Crippen LogP contribution is 2.52. The largest absolute Gasteiger partial charge is 0.397 e. The first-order valence-electron chi connectivity index (χ1n) is 6.61. The maximum absolute atomic E-state index is 11.5. The highest BCUT2D eigenvalue weighted by molar-refractivity contribution is 7.18. The summed E-state index contributed by atoms with van der Waals surface area (Å²) in [4.78, 5) is 14.3. The second-order valence-corrected chi connectivity index (χ2v) is 6.29. The first-order chi connectivity index (χ1) is 9.11. The van der Waals surface area contributed by atoms with Gasteiger partial charge in [0.2, 0.25) is 0 Å². The number of hydrogen-bond acceptors (Lipinski definition) is 5. The van der Waals surface area contributed by atoms with E-state index < -0.39 is 5.91 Å². The third-order valence-electron chi connectivity index (χ3n) is 3.94. The zero-order valence-electron chi connectivity index (χ0n) is 11.0. The molecule has 2 aliphatic rings. The third kappa shape index (κ3) is 2.19. The summed E-state index contributed by atoms with van der Waals surface area (Å²) in [6.45, 7) is 1.82. The van der Waals surface area contributed by atoms with Gasteiger partial charge in [0.25, 0.3) is 5.91 Å². The van der Waals surface area contributed by atoms with Gasteiger partial charge in [0.15, 0.2) is 0 Å². The molecule has 0 aromatic carbocycles. The molecule has 1 amide bonds. The van der Waals surface area contributed by atoms with Gasteiger partial charge < -0.3 is 21.1 Å². The van der Waals surface area contributed by atoms with Gasteiger partial charge in [0.05, 0.1) is 16.8 Å². The van der Waals surface area contributed by atoms with Crippen LogP contribution in [-0.2, 0) is 4.74 Å². The summed E-state index contributed by atoms with van der Waals surface area (Å²) < 4.78 is 5.40. The van der Waals surface area contributed by atoms with Crippen LogP contribution in [0.5, 0.6) is 0 Å². The molecule has 104 valence electrons. The molecule has 1 aliphatic heterocycles. The monoisotopic (exact) mass is 281 g/mol. The fraction of sp³-hybridized carbons (Fsp3) is 0.615. The fourth-order valence-electron chi connectivity index (χ4n) is 2.73. The number of amides is 1. The van der Waals surface area contributed by atoms with Crippen molar-refractivity contribution in [3.63, 3.8) is 0 Å². The molecule has 19 heavy (non-hydrogen) atoms. The normalized spacial score (nSPS) is 23.0. The van der Waals surface area contributed by atoms with Crippen molar-refractivity contribution in [1.82, 2.24) is 0 Å². The van der Waals surface area contributed by atoms with Crippen molar-refractivity contribution in [3.8, 4) is 0 Å². The van der Waals surface area contributed by atoms with E-state index in [9.17, 15) is 4.79 Å². The molecule has 1 saturated carbocycles. The van der Waals surface area contributed by atoms with Gasteiger partial charge in [-0.15, -0.1) is 11.3 Å². The van der Waals surface area contributed by atoms with E-state index in [4.69, 9.17) is 16.2 Å². The average molecular weight is 281 g/mol. The Balaban J connectivity index is 1.96. The van der Waals surface area contributed by atoms with Crippen molar-refractivity contribution < 1.29 is 9.53 Å². The summed E-state index contributed by atoms with van der Waals surface area (Å²) in [7, 11) is 1.74. The minimum Gasteiger partial charge on any atom is -0.397 e. The van der Waals surface area contributed by atoms with E-state index in [1.165, 1.54) is 11.3 Å². The highest BCUT2D eigenvalue weighted by Gasteiger charge is 2.36. The van der Waals surface area contributed by atoms with E-state index in [0.29, 0.717) is 16.5 Å². The molecule has 2 fully saturated rings. The number of nitrogens with two attached hydrogens (primary N) is 2. The predicted molar refractivity (Wildman–Crippen MR) is 76.9 cm³/mol. The second-order valence-electron chi connectivity index (χ2n) is 5.29. The predicted octanol–water partition coefficient (Wildman–Crippen LogP) is 1.53. The van der Waals surface area contributed by atoms with E-state index in [1.54, 1.807) is 7.11 Å². The van der Waals surface area contributed by atoms with Crippen molar-refractivity contribution in [2.24, 2.45) is 5.73 Å². The van der Waals surface area contributed by atoms with Crippen LogP contribution in [0.2, 0.25) is 0 Å². The molecule has 0 spiro atoms. The molecule has 0 bridgehead atoms. The molecule has 3 rings (SSSR count). The van der Waals surface area contributed by atoms with E-state index in [2.05, 4.69) is 4.90 Å². The number of nitrogen functional groups attached to an aromatic ring is 1. The maximum Gasteiger partial charge on any atom is 0.260 e. The number of hydrogen-bond donors (Lipinski definition) is 2. The van der Waals surface area contributed by atoms with Crippen LogP contribution >= 0.6 is 11.3 Å². The molecule has 1 aromatic heterocycles. The lowest BCUT2D eigenvalue weighted by atomic mass is 10.1. The van der Waals surface area contributed by atoms with Crippen molar-refractivity contribution >= 4 is 27.9 Å². The number of primary amides is 1. The van der Waals surface area contributed by atoms with E-state index >= 15 is 0 Å². The molecule has 1 atom stereocenters. The summed E-state index contributed by atoms with van der Waals surface area (Å²) in [6.07, 6.45) is 3.61. The molecule has 0 radical (unpaired) electrons. The Kier molecular flexibility index (Phi) is 3.14. The lowest BCUT2D eigenvalue weighted by Gasteiger charge is -2.18. The number of anilines is 2. The zero-order valence-corrected chi connectivity index (χ0v) is 11.8. The van der Waals surface area contributed by atoms with Gasteiger partial charge in [-0.05, 0) is 25.2 Å². The molecule has 1 aliphatic carbocycles. The lowest BCUT2D eigenvalue weighted by Crippen LogP contribution is -2.22. The summed E-state index contributed by atoms with van der Waals surface area (Å²) in [5.41, 5.74) is 13.3. The number of methoxy groups -OCH3 is 1. The topological polar surface area (TPSA) is 81.6 Å². The molecular weight excluding hydrogens is 262 g/mol. The molecule has 5 nitrogen and oxygen atoms in total. The van der Waals surface area contributed by atoms with Crippen molar-refractivity contribution in [2.75, 3.05) is 30.8 Å². The van der Waals surface area contributed by atoms with Crippen LogP contribution in [0, 0.1) is 0 Å². The molecule has 1 saturated heterocycles. The second kappa shape index (κ2) is 4.68. The summed E-state index contributed by atoms with van der Waals surface area (Å²) in [6, 6.07) is 0. The Morgan fingerprint density at radius 1 is 1.42 bits per heavy atom. The number of ether oxygens (including phenoxy) is 1. The van der Waals surface area contributed by atoms with Crippen LogP contribution in [0.3, 0.4) is 0 Å². The van der Waals surface area contributed by atoms with E-state index in [-0.39, 0.29) is 6.10 Å². The van der Waals surface area contributed by atoms with E-state index in [1.807, 2.05) is 0 Å². The van der Waals surface area contributed by atoms with Gasteiger partial charge in [-0.3, -0.25) is 4.79 Å². The quantitative estimate of drug-likeness (QED) is 0.877. The number of nitrogens with zero attached hydrogens (tertiary/aromatic N) is 1. The van der Waals surface area contributed by atoms with Gasteiger partial charge in [0.1, 0.15) is 4.88 Å². The van der Waals surface area contributed by atoms with Gasteiger partial charge >= 0.3 is 0 Å². The lowest BCUT2D eigenvalue weighted by molar-refractivity contribution is 0.100. The number of thiophene rings is 1. The summed E-state index contributed by atoms with van der Waals surface area (Å²) in [5.74, 6) is 0.0964. The Morgan fingerprint density at radius 3 is 2.68 bits per heavy atom. The van der Waals surface area contributed by atoms with Crippen molar-refractivity contribution in [3.05, 3.63) is 10.4 Å². The Hall–Kier alpha value is -1.27. The van der Waals surface area contributed by atoms with Crippen LogP contribution in [-0.4, -0.2) is 32.2 Å². The first-order valence-corrected chi connectivity index (χ1v) is 7.43. The summed E-state index contributed by atoms with van der Waals surface area (Å²) >= 11 is 1.44. The fourth-order valence-corrected chi connectivity index (χ4v) is 3.93. The maximum atomic E-state index is 11.5. The van der Waals surface area contributed by atoms with Crippen LogP contribution in [0.15, 0.2) is 0 Å². The van der Waals surface area contributed by atoms with Gasteiger partial charge in [-0.25, -0.2) is 0 Å². The highest BCUT2D eigenvalue weighted by atomic mass is 32.1. The third-order valence-corrected chi connectivity index (χ3v) is 5.24. The first kappa shape index (κ1) is 12.7. The standard InChI is InChI=1S/C13H19N3O2S/c1-18-8-4-5-16(6-8)13-9(7-2-3-7)10(14)11(19-13)12(15)17/h7-8H,2-6,14H2,1H3,(H2,15,17). The van der Waals surface area contributed by atoms with Crippen LogP contribution in [0.1, 0.15) is 40.4 Å². The molecule has 2 heterocycles. The zero-order chi connectivity index (χ0) is 13.6. The Labute approximate surface area is 116 Å². The smallest absolute Gasteiger partial charge is 0.260 e. The van der Waals surface area contributed by atoms with Crippen molar-refractivity contribution in [1.29, 1.82) is 0 Å². The van der Waals surface area contributed by atoms with Crippen LogP contribution in [0.4, 0.5) is 10.7 Å². The van der Waals surface area contributed by atoms with Gasteiger partial charge in [-0.1, -0.05) is 0 Å². The van der Waals surface area contributed by atoms with Crippen LogP contribution < -0.4 is 16.4 Å². The van der Waals surface area contributed by atoms with E-state index in [0.717, 1.165) is 42.9 Å². The minimum absolute atomic E-state index is 0.271. The SMILES string of the molecule is COC1CCN(c2sc(C(N)=O)c(N)c2C2CC2)C1. The molecular formula is C13H19N3O2S. The number of carbonyl (C=O) groups is 1. The van der Waals surface area contributed by atoms with Gasteiger partial charge in [0, 0.05) is 25.8 Å². The molecule has 4 N–H and O–H groups in total. The van der Waals surface area contributed by atoms with Crippen molar-refractivity contribution in [2.45, 2.75) is 31.3 Å². The van der Waals surface area contributed by atoms with Crippen LogP contribution in [0.25, 0.3) is 0 Å². The molecule has 1 unspecified atom stereocenters. The number of carbonyl (C=O) groups excluding carboxylic acids is 1. The Bertz CT molecular complexity index is 510.